The maximum Gasteiger partial charge on any atom is 0.243 e. The third kappa shape index (κ3) is 1.91. The molecule has 1 amide bonds. The maximum absolute atomic E-state index is 13.4. The van der Waals surface area contributed by atoms with Gasteiger partial charge in [0.15, 0.2) is 0 Å². The Morgan fingerprint density at radius 3 is 3.04 bits per heavy atom. The lowest BCUT2D eigenvalue weighted by Crippen LogP contribution is -2.49. The average molecular weight is 342 g/mol. The Morgan fingerprint density at radius 2 is 2.29 bits per heavy atom. The number of hydrogen-bond donors (Lipinski definition) is 0. The largest absolute Gasteiger partial charge is 0.464 e. The second-order valence-electron chi connectivity index (χ2n) is 7.42. The van der Waals surface area contributed by atoms with Crippen LogP contribution in [0.1, 0.15) is 42.4 Å². The highest BCUT2D eigenvalue weighted by Crippen LogP contribution is 2.56. The molecule has 2 aromatic rings. The van der Waals surface area contributed by atoms with Gasteiger partial charge in [-0.25, -0.2) is 0 Å². The molecule has 0 aliphatic carbocycles. The van der Waals surface area contributed by atoms with Crippen molar-refractivity contribution in [1.29, 1.82) is 0 Å². The number of carbonyl (C=O) groups excluding carboxylic acids is 1. The highest BCUT2D eigenvalue weighted by Gasteiger charge is 2.65. The third-order valence-electron chi connectivity index (χ3n) is 6.20. The molecule has 3 fully saturated rings. The first-order valence-electron chi connectivity index (χ1n) is 8.82. The number of aryl methyl sites for hydroxylation is 1. The lowest BCUT2D eigenvalue weighted by molar-refractivity contribution is -0.137. The van der Waals surface area contributed by atoms with Crippen LogP contribution in [0.25, 0.3) is 0 Å². The molecular formula is C19H22N2O2S. The van der Waals surface area contributed by atoms with Crippen LogP contribution >= 0.6 is 11.3 Å². The van der Waals surface area contributed by atoms with Crippen molar-refractivity contribution < 1.29 is 9.21 Å². The summed E-state index contributed by atoms with van der Waals surface area (Å²) in [5.74, 6) is 2.59. The van der Waals surface area contributed by atoms with Crippen LogP contribution in [0.4, 0.5) is 0 Å². The van der Waals surface area contributed by atoms with E-state index in [4.69, 9.17) is 4.42 Å². The molecule has 3 atom stereocenters. The highest BCUT2D eigenvalue weighted by molar-refractivity contribution is 7.07. The lowest BCUT2D eigenvalue weighted by atomic mass is 9.85. The summed E-state index contributed by atoms with van der Waals surface area (Å²) in [5.41, 5.74) is 1.16. The van der Waals surface area contributed by atoms with Gasteiger partial charge in [-0.05, 0) is 67.3 Å². The number of thiophene rings is 1. The van der Waals surface area contributed by atoms with Gasteiger partial charge in [-0.1, -0.05) is 0 Å². The zero-order valence-electron chi connectivity index (χ0n) is 13.9. The Morgan fingerprint density at radius 1 is 1.38 bits per heavy atom. The predicted molar refractivity (Wildman–Crippen MR) is 92.7 cm³/mol. The molecule has 5 heterocycles. The molecule has 3 aliphatic heterocycles. The molecule has 1 spiro atoms. The van der Waals surface area contributed by atoms with Crippen molar-refractivity contribution >= 4 is 17.2 Å². The summed E-state index contributed by atoms with van der Waals surface area (Å²) >= 11 is 1.76. The first-order chi connectivity index (χ1) is 11.7. The molecular weight excluding hydrogens is 320 g/mol. The molecule has 0 radical (unpaired) electrons. The van der Waals surface area contributed by atoms with Gasteiger partial charge in [0.2, 0.25) is 5.91 Å². The van der Waals surface area contributed by atoms with Gasteiger partial charge in [-0.15, -0.1) is 0 Å². The van der Waals surface area contributed by atoms with Crippen molar-refractivity contribution in [2.75, 3.05) is 13.1 Å². The van der Waals surface area contributed by atoms with E-state index >= 15 is 0 Å². The molecule has 2 aromatic heterocycles. The zero-order chi connectivity index (χ0) is 16.3. The molecule has 5 heteroatoms. The summed E-state index contributed by atoms with van der Waals surface area (Å²) in [6.45, 7) is 4.49. The highest BCUT2D eigenvalue weighted by atomic mass is 32.1. The van der Waals surface area contributed by atoms with Crippen molar-refractivity contribution in [3.8, 4) is 0 Å². The van der Waals surface area contributed by atoms with Crippen LogP contribution in [0.2, 0.25) is 0 Å². The van der Waals surface area contributed by atoms with E-state index in [1.165, 1.54) is 5.56 Å². The normalized spacial score (nSPS) is 32.5. The van der Waals surface area contributed by atoms with Crippen LogP contribution in [0.3, 0.4) is 0 Å². The molecule has 0 aromatic carbocycles. The van der Waals surface area contributed by atoms with Gasteiger partial charge < -0.3 is 9.32 Å². The minimum absolute atomic E-state index is 0.242. The van der Waals surface area contributed by atoms with Crippen LogP contribution in [0, 0.1) is 12.8 Å². The number of carbonyl (C=O) groups is 1. The van der Waals surface area contributed by atoms with Gasteiger partial charge in [0.25, 0.3) is 0 Å². The molecule has 0 saturated carbocycles. The minimum atomic E-state index is -0.242. The summed E-state index contributed by atoms with van der Waals surface area (Å²) in [7, 11) is 0. The van der Waals surface area contributed by atoms with E-state index < -0.39 is 0 Å². The Kier molecular flexibility index (Phi) is 3.19. The number of rotatable bonds is 3. The standard InChI is InChI=1S/C19H22N2O2S/c1-13-3-4-16(23-13)11-20-10-15-9-17(14-5-8-24-12-14)21-7-2-6-19(15,21)18(20)22/h3-5,8,12,15,17H,2,6-7,9-11H2,1H3/t15-,17-,19-/m0/s1. The van der Waals surface area contributed by atoms with Crippen molar-refractivity contribution in [3.05, 3.63) is 46.0 Å². The number of nitrogens with zero attached hydrogens (tertiary/aromatic N) is 2. The van der Waals surface area contributed by atoms with Crippen molar-refractivity contribution in [3.63, 3.8) is 0 Å². The summed E-state index contributed by atoms with van der Waals surface area (Å²) in [4.78, 5) is 17.9. The molecule has 5 rings (SSSR count). The van der Waals surface area contributed by atoms with Crippen LogP contribution < -0.4 is 0 Å². The molecule has 126 valence electrons. The van der Waals surface area contributed by atoms with Crippen LogP contribution in [-0.2, 0) is 11.3 Å². The Labute approximate surface area is 146 Å². The SMILES string of the molecule is Cc1ccc(CN2C[C@@H]3C[C@@H](c4ccsc4)N4CCC[C@@]34C2=O)o1. The van der Waals surface area contributed by atoms with E-state index in [2.05, 4.69) is 21.7 Å². The predicted octanol–water partition coefficient (Wildman–Crippen LogP) is 3.59. The van der Waals surface area contributed by atoms with Gasteiger partial charge in [0.05, 0.1) is 6.54 Å². The summed E-state index contributed by atoms with van der Waals surface area (Å²) < 4.78 is 5.70. The van der Waals surface area contributed by atoms with Crippen molar-refractivity contribution in [1.82, 2.24) is 9.80 Å². The Balaban J connectivity index is 1.43. The van der Waals surface area contributed by atoms with Crippen LogP contribution in [-0.4, -0.2) is 34.3 Å². The number of amides is 1. The fourth-order valence-corrected chi connectivity index (χ4v) is 5.96. The first kappa shape index (κ1) is 14.7. The second-order valence-corrected chi connectivity index (χ2v) is 8.20. The van der Waals surface area contributed by atoms with Gasteiger partial charge in [0.1, 0.15) is 17.1 Å². The Hall–Kier alpha value is -1.59. The van der Waals surface area contributed by atoms with E-state index in [1.807, 2.05) is 24.0 Å². The molecule has 0 N–H and O–H groups in total. The monoisotopic (exact) mass is 342 g/mol. The third-order valence-corrected chi connectivity index (χ3v) is 6.90. The molecule has 3 saturated heterocycles. The van der Waals surface area contributed by atoms with E-state index in [1.54, 1.807) is 11.3 Å². The first-order valence-corrected chi connectivity index (χ1v) is 9.76. The van der Waals surface area contributed by atoms with E-state index in [0.29, 0.717) is 24.4 Å². The lowest BCUT2D eigenvalue weighted by Gasteiger charge is -2.33. The van der Waals surface area contributed by atoms with Gasteiger partial charge >= 0.3 is 0 Å². The molecule has 0 bridgehead atoms. The van der Waals surface area contributed by atoms with E-state index in [9.17, 15) is 4.79 Å². The summed E-state index contributed by atoms with van der Waals surface area (Å²) in [6.07, 6.45) is 3.26. The van der Waals surface area contributed by atoms with Crippen LogP contribution in [0.15, 0.2) is 33.4 Å². The Bertz CT molecular complexity index is 768. The fraction of sp³-hybridized carbons (Fsp3) is 0.526. The van der Waals surface area contributed by atoms with Gasteiger partial charge in [0, 0.05) is 18.5 Å². The fourth-order valence-electron chi connectivity index (χ4n) is 5.25. The van der Waals surface area contributed by atoms with E-state index in [0.717, 1.165) is 43.9 Å². The zero-order valence-corrected chi connectivity index (χ0v) is 14.7. The van der Waals surface area contributed by atoms with Gasteiger partial charge in [-0.2, -0.15) is 11.3 Å². The smallest absolute Gasteiger partial charge is 0.243 e. The van der Waals surface area contributed by atoms with Crippen molar-refractivity contribution in [2.24, 2.45) is 5.92 Å². The average Bonchev–Trinajstić information content (AvgIpc) is 3.32. The molecule has 24 heavy (non-hydrogen) atoms. The van der Waals surface area contributed by atoms with Gasteiger partial charge in [-0.3, -0.25) is 9.69 Å². The van der Waals surface area contributed by atoms with E-state index in [-0.39, 0.29) is 5.54 Å². The molecule has 0 unspecified atom stereocenters. The van der Waals surface area contributed by atoms with Crippen molar-refractivity contribution in [2.45, 2.75) is 44.3 Å². The number of furan rings is 1. The molecule has 4 nitrogen and oxygen atoms in total. The summed E-state index contributed by atoms with van der Waals surface area (Å²) in [6, 6.07) is 6.63. The quantitative estimate of drug-likeness (QED) is 0.855. The summed E-state index contributed by atoms with van der Waals surface area (Å²) in [5, 5.41) is 4.41. The van der Waals surface area contributed by atoms with Crippen LogP contribution in [0.5, 0.6) is 0 Å². The number of hydrogen-bond acceptors (Lipinski definition) is 4. The maximum atomic E-state index is 13.4. The second kappa shape index (κ2) is 5.20. The number of likely N-dealkylation sites (tertiary alicyclic amines) is 1. The minimum Gasteiger partial charge on any atom is -0.464 e. The molecule has 3 aliphatic rings. The topological polar surface area (TPSA) is 36.7 Å².